The molecule has 0 saturated carbocycles. The Kier molecular flexibility index (Phi) is 3.97. The summed E-state index contributed by atoms with van der Waals surface area (Å²) in [5.74, 6) is 1.99. The van der Waals surface area contributed by atoms with Crippen molar-refractivity contribution in [2.24, 2.45) is 0 Å². The van der Waals surface area contributed by atoms with Crippen molar-refractivity contribution in [1.82, 2.24) is 0 Å². The van der Waals surface area contributed by atoms with Crippen LogP contribution in [0.2, 0.25) is 0 Å². The van der Waals surface area contributed by atoms with E-state index in [9.17, 15) is 0 Å². The highest BCUT2D eigenvalue weighted by Gasteiger charge is 2.11. The molecule has 1 aliphatic rings. The van der Waals surface area contributed by atoms with E-state index in [4.69, 9.17) is 9.47 Å². The molecule has 1 aliphatic heterocycles. The van der Waals surface area contributed by atoms with Crippen molar-refractivity contribution in [3.05, 3.63) is 57.6 Å². The molecule has 0 N–H and O–H groups in total. The molecule has 3 heteroatoms. The number of benzene rings is 2. The fourth-order valence-corrected chi connectivity index (χ4v) is 2.74. The van der Waals surface area contributed by atoms with E-state index in [0.717, 1.165) is 41.0 Å². The van der Waals surface area contributed by atoms with Gasteiger partial charge in [0.2, 0.25) is 0 Å². The first-order chi connectivity index (χ1) is 9.72. The van der Waals surface area contributed by atoms with Crippen LogP contribution in [0.15, 0.2) is 40.9 Å². The van der Waals surface area contributed by atoms with Crippen LogP contribution in [0, 0.1) is 6.92 Å². The summed E-state index contributed by atoms with van der Waals surface area (Å²) in [7, 11) is 0. The fraction of sp³-hybridized carbons (Fsp3) is 0.294. The normalized spacial score (nSPS) is 12.9. The highest BCUT2D eigenvalue weighted by molar-refractivity contribution is 9.10. The lowest BCUT2D eigenvalue weighted by Crippen LogP contribution is -2.02. The monoisotopic (exact) mass is 332 g/mol. The third-order valence-corrected chi connectivity index (χ3v) is 4.05. The number of hydrogen-bond donors (Lipinski definition) is 0. The maximum atomic E-state index is 5.88. The summed E-state index contributed by atoms with van der Waals surface area (Å²) in [5.41, 5.74) is 3.79. The van der Waals surface area contributed by atoms with Crippen molar-refractivity contribution in [3.63, 3.8) is 0 Å². The maximum Gasteiger partial charge on any atom is 0.123 e. The van der Waals surface area contributed by atoms with Crippen molar-refractivity contribution in [3.8, 4) is 11.5 Å². The molecule has 2 nitrogen and oxygen atoms in total. The number of ether oxygens (including phenoxy) is 2. The van der Waals surface area contributed by atoms with Crippen molar-refractivity contribution in [2.45, 2.75) is 19.8 Å². The third-order valence-electron chi connectivity index (χ3n) is 3.55. The first kappa shape index (κ1) is 13.5. The van der Waals surface area contributed by atoms with Crippen molar-refractivity contribution >= 4 is 15.9 Å². The Morgan fingerprint density at radius 1 is 1.20 bits per heavy atom. The van der Waals surface area contributed by atoms with Crippen LogP contribution in [0.1, 0.15) is 16.7 Å². The van der Waals surface area contributed by atoms with E-state index in [-0.39, 0.29) is 0 Å². The van der Waals surface area contributed by atoms with Crippen LogP contribution >= 0.6 is 15.9 Å². The van der Waals surface area contributed by atoms with E-state index < -0.39 is 0 Å². The van der Waals surface area contributed by atoms with Gasteiger partial charge in [0.1, 0.15) is 11.5 Å². The van der Waals surface area contributed by atoms with Crippen molar-refractivity contribution in [1.29, 1.82) is 0 Å². The second-order valence-corrected chi connectivity index (χ2v) is 5.96. The third kappa shape index (κ3) is 2.98. The zero-order chi connectivity index (χ0) is 13.9. The van der Waals surface area contributed by atoms with Gasteiger partial charge >= 0.3 is 0 Å². The van der Waals surface area contributed by atoms with E-state index in [0.29, 0.717) is 6.61 Å². The zero-order valence-corrected chi connectivity index (χ0v) is 13.1. The Labute approximate surface area is 127 Å². The standard InChI is InChI=1S/C17H17BrO2/c1-12-2-4-15(18)11-17(12)20-8-6-13-3-5-16-14(10-13)7-9-19-16/h2-5,10-11H,6-9H2,1H3. The van der Waals surface area contributed by atoms with Gasteiger partial charge < -0.3 is 9.47 Å². The lowest BCUT2D eigenvalue weighted by Gasteiger charge is -2.10. The van der Waals surface area contributed by atoms with Gasteiger partial charge in [0.15, 0.2) is 0 Å². The number of aryl methyl sites for hydroxylation is 1. The molecule has 3 rings (SSSR count). The highest BCUT2D eigenvalue weighted by atomic mass is 79.9. The number of rotatable bonds is 4. The van der Waals surface area contributed by atoms with Gasteiger partial charge in [0, 0.05) is 17.3 Å². The SMILES string of the molecule is Cc1ccc(Br)cc1OCCc1ccc2c(c1)CCO2. The van der Waals surface area contributed by atoms with E-state index in [1.165, 1.54) is 11.1 Å². The van der Waals surface area contributed by atoms with Crippen molar-refractivity contribution < 1.29 is 9.47 Å². The molecule has 0 aromatic heterocycles. The van der Waals surface area contributed by atoms with E-state index >= 15 is 0 Å². The second-order valence-electron chi connectivity index (χ2n) is 5.05. The molecule has 20 heavy (non-hydrogen) atoms. The molecule has 0 fully saturated rings. The summed E-state index contributed by atoms with van der Waals surface area (Å²) in [5, 5.41) is 0. The van der Waals surface area contributed by atoms with Crippen LogP contribution in [-0.4, -0.2) is 13.2 Å². The lowest BCUT2D eigenvalue weighted by molar-refractivity contribution is 0.319. The number of fused-ring (bicyclic) bond motifs is 1. The average Bonchev–Trinajstić information content (AvgIpc) is 2.90. The quantitative estimate of drug-likeness (QED) is 0.830. The first-order valence-corrected chi connectivity index (χ1v) is 7.65. The Morgan fingerprint density at radius 2 is 2.10 bits per heavy atom. The lowest BCUT2D eigenvalue weighted by atomic mass is 10.1. The molecule has 0 saturated heterocycles. The fourth-order valence-electron chi connectivity index (χ4n) is 2.40. The number of hydrogen-bond acceptors (Lipinski definition) is 2. The summed E-state index contributed by atoms with van der Waals surface area (Å²) >= 11 is 3.47. The smallest absolute Gasteiger partial charge is 0.123 e. The van der Waals surface area contributed by atoms with Gasteiger partial charge in [-0.05, 0) is 41.8 Å². The summed E-state index contributed by atoms with van der Waals surface area (Å²) in [4.78, 5) is 0. The Balaban J connectivity index is 1.61. The number of halogens is 1. The minimum absolute atomic E-state index is 0.691. The van der Waals surface area contributed by atoms with Gasteiger partial charge in [-0.25, -0.2) is 0 Å². The summed E-state index contributed by atoms with van der Waals surface area (Å²) in [6, 6.07) is 12.5. The molecule has 0 radical (unpaired) electrons. The minimum Gasteiger partial charge on any atom is -0.493 e. The summed E-state index contributed by atoms with van der Waals surface area (Å²) in [6.45, 7) is 3.57. The molecular formula is C17H17BrO2. The van der Waals surface area contributed by atoms with Crippen LogP contribution < -0.4 is 9.47 Å². The van der Waals surface area contributed by atoms with E-state index in [1.807, 2.05) is 12.1 Å². The van der Waals surface area contributed by atoms with Gasteiger partial charge in [-0.3, -0.25) is 0 Å². The van der Waals surface area contributed by atoms with Gasteiger partial charge in [-0.2, -0.15) is 0 Å². The second kappa shape index (κ2) is 5.88. The average molecular weight is 333 g/mol. The molecule has 104 valence electrons. The van der Waals surface area contributed by atoms with Gasteiger partial charge in [0.05, 0.1) is 13.2 Å². The molecule has 0 unspecified atom stereocenters. The summed E-state index contributed by atoms with van der Waals surface area (Å²) in [6.07, 6.45) is 1.94. The molecule has 0 atom stereocenters. The van der Waals surface area contributed by atoms with Crippen LogP contribution in [-0.2, 0) is 12.8 Å². The summed E-state index contributed by atoms with van der Waals surface area (Å²) < 4.78 is 12.4. The van der Waals surface area contributed by atoms with Crippen LogP contribution in [0.25, 0.3) is 0 Å². The predicted octanol–water partition coefficient (Wildman–Crippen LogP) is 4.31. The molecule has 2 aromatic carbocycles. The first-order valence-electron chi connectivity index (χ1n) is 6.86. The van der Waals surface area contributed by atoms with E-state index in [1.54, 1.807) is 0 Å². The Bertz CT molecular complexity index is 622. The van der Waals surface area contributed by atoms with Crippen LogP contribution in [0.5, 0.6) is 11.5 Å². The molecule has 2 aromatic rings. The van der Waals surface area contributed by atoms with E-state index in [2.05, 4.69) is 47.1 Å². The zero-order valence-electron chi connectivity index (χ0n) is 11.5. The minimum atomic E-state index is 0.691. The highest BCUT2D eigenvalue weighted by Crippen LogP contribution is 2.26. The van der Waals surface area contributed by atoms with Gasteiger partial charge in [-0.15, -0.1) is 0 Å². The van der Waals surface area contributed by atoms with Gasteiger partial charge in [0.25, 0.3) is 0 Å². The Morgan fingerprint density at radius 3 is 3.00 bits per heavy atom. The van der Waals surface area contributed by atoms with Gasteiger partial charge in [-0.1, -0.05) is 34.1 Å². The molecule has 0 spiro atoms. The maximum absolute atomic E-state index is 5.88. The topological polar surface area (TPSA) is 18.5 Å². The Hall–Kier alpha value is -1.48. The van der Waals surface area contributed by atoms with Crippen molar-refractivity contribution in [2.75, 3.05) is 13.2 Å². The van der Waals surface area contributed by atoms with Crippen LogP contribution in [0.3, 0.4) is 0 Å². The molecule has 1 heterocycles. The predicted molar refractivity (Wildman–Crippen MR) is 83.7 cm³/mol. The molecule has 0 bridgehead atoms. The largest absolute Gasteiger partial charge is 0.493 e. The van der Waals surface area contributed by atoms with Crippen LogP contribution in [0.4, 0.5) is 0 Å². The molecule has 0 amide bonds. The molecule has 0 aliphatic carbocycles. The molecular weight excluding hydrogens is 316 g/mol.